The molecule has 0 aliphatic rings. The van der Waals surface area contributed by atoms with Gasteiger partial charge in [-0.15, -0.1) is 0 Å². The van der Waals surface area contributed by atoms with Gasteiger partial charge in [-0.3, -0.25) is 4.90 Å². The molecule has 0 N–H and O–H groups in total. The van der Waals surface area contributed by atoms with Gasteiger partial charge >= 0.3 is 5.97 Å². The molecule has 16 heavy (non-hydrogen) atoms. The minimum Gasteiger partial charge on any atom is -0.465 e. The highest BCUT2D eigenvalue weighted by molar-refractivity contribution is 5.89. The molecule has 0 amide bonds. The van der Waals surface area contributed by atoms with Crippen LogP contribution in [0, 0.1) is 11.3 Å². The fourth-order valence-electron chi connectivity index (χ4n) is 1.41. The molecule has 0 radical (unpaired) electrons. The van der Waals surface area contributed by atoms with E-state index in [1.807, 2.05) is 19.0 Å². The largest absolute Gasteiger partial charge is 0.465 e. The standard InChI is InChI=1S/C12H14N2O2/c1-14(2)11(8-13)9-4-6-10(7-5-9)12(15)16-3/h4-7,11H,1-3H3. The van der Waals surface area contributed by atoms with E-state index in [2.05, 4.69) is 10.8 Å². The third-order valence-corrected chi connectivity index (χ3v) is 2.29. The Bertz CT molecular complexity index is 404. The molecule has 0 heterocycles. The topological polar surface area (TPSA) is 53.3 Å². The second kappa shape index (κ2) is 5.29. The molecule has 0 spiro atoms. The van der Waals surface area contributed by atoms with E-state index in [0.717, 1.165) is 5.56 Å². The number of hydrogen-bond donors (Lipinski definition) is 0. The molecule has 0 saturated heterocycles. The fraction of sp³-hybridized carbons (Fsp3) is 0.333. The second-order valence-corrected chi connectivity index (χ2v) is 3.61. The van der Waals surface area contributed by atoms with Crippen molar-refractivity contribution in [2.45, 2.75) is 6.04 Å². The zero-order chi connectivity index (χ0) is 12.1. The SMILES string of the molecule is COC(=O)c1ccc(C(C#N)N(C)C)cc1. The molecule has 0 saturated carbocycles. The van der Waals surface area contributed by atoms with E-state index in [1.165, 1.54) is 7.11 Å². The number of esters is 1. The predicted octanol–water partition coefficient (Wildman–Crippen LogP) is 1.60. The lowest BCUT2D eigenvalue weighted by Crippen LogP contribution is -2.18. The number of carbonyl (C=O) groups excluding carboxylic acids is 1. The molecular formula is C12H14N2O2. The van der Waals surface area contributed by atoms with Crippen LogP contribution in [0.4, 0.5) is 0 Å². The maximum atomic E-state index is 11.2. The lowest BCUT2D eigenvalue weighted by molar-refractivity contribution is 0.0600. The molecule has 0 fully saturated rings. The van der Waals surface area contributed by atoms with E-state index < -0.39 is 0 Å². The van der Waals surface area contributed by atoms with Crippen molar-refractivity contribution >= 4 is 5.97 Å². The molecule has 1 aromatic rings. The van der Waals surface area contributed by atoms with E-state index in [1.54, 1.807) is 24.3 Å². The summed E-state index contributed by atoms with van der Waals surface area (Å²) in [5.74, 6) is -0.370. The van der Waals surface area contributed by atoms with Crippen molar-refractivity contribution in [3.05, 3.63) is 35.4 Å². The highest BCUT2D eigenvalue weighted by Crippen LogP contribution is 2.17. The fourth-order valence-corrected chi connectivity index (χ4v) is 1.41. The molecule has 0 aliphatic carbocycles. The zero-order valence-electron chi connectivity index (χ0n) is 9.60. The maximum absolute atomic E-state index is 11.2. The number of rotatable bonds is 3. The Morgan fingerprint density at radius 2 is 1.94 bits per heavy atom. The number of methoxy groups -OCH3 is 1. The van der Waals surface area contributed by atoms with Crippen molar-refractivity contribution in [2.75, 3.05) is 21.2 Å². The van der Waals surface area contributed by atoms with Gasteiger partial charge in [0.05, 0.1) is 18.7 Å². The first kappa shape index (κ1) is 12.2. The minimum absolute atomic E-state index is 0.299. The van der Waals surface area contributed by atoms with Gasteiger partial charge in [0.15, 0.2) is 0 Å². The number of benzene rings is 1. The Kier molecular flexibility index (Phi) is 4.03. The van der Waals surface area contributed by atoms with E-state index in [9.17, 15) is 4.79 Å². The van der Waals surface area contributed by atoms with Gasteiger partial charge in [-0.05, 0) is 31.8 Å². The Morgan fingerprint density at radius 1 is 1.38 bits per heavy atom. The van der Waals surface area contributed by atoms with Gasteiger partial charge in [0, 0.05) is 0 Å². The van der Waals surface area contributed by atoms with Crippen molar-refractivity contribution in [2.24, 2.45) is 0 Å². The van der Waals surface area contributed by atoms with E-state index >= 15 is 0 Å². The molecule has 84 valence electrons. The number of nitriles is 1. The van der Waals surface area contributed by atoms with Crippen LogP contribution in [0.1, 0.15) is 22.0 Å². The van der Waals surface area contributed by atoms with Gasteiger partial charge in [0.1, 0.15) is 6.04 Å². The molecule has 0 aliphatic heterocycles. The van der Waals surface area contributed by atoms with Crippen LogP contribution in [0.3, 0.4) is 0 Å². The quantitative estimate of drug-likeness (QED) is 0.723. The summed E-state index contributed by atoms with van der Waals surface area (Å²) >= 11 is 0. The van der Waals surface area contributed by atoms with Gasteiger partial charge in [-0.2, -0.15) is 5.26 Å². The van der Waals surface area contributed by atoms with Crippen LogP contribution < -0.4 is 0 Å². The molecule has 4 heteroatoms. The Balaban J connectivity index is 2.95. The summed E-state index contributed by atoms with van der Waals surface area (Å²) in [6.45, 7) is 0. The first-order valence-corrected chi connectivity index (χ1v) is 4.84. The van der Waals surface area contributed by atoms with Crippen LogP contribution in [0.25, 0.3) is 0 Å². The van der Waals surface area contributed by atoms with Crippen molar-refractivity contribution in [3.63, 3.8) is 0 Å². The van der Waals surface area contributed by atoms with Crippen molar-refractivity contribution in [1.82, 2.24) is 4.90 Å². The number of carbonyl (C=O) groups is 1. The van der Waals surface area contributed by atoms with Crippen molar-refractivity contribution < 1.29 is 9.53 Å². The average Bonchev–Trinajstić information content (AvgIpc) is 2.29. The summed E-state index contributed by atoms with van der Waals surface area (Å²) in [5.41, 5.74) is 1.35. The average molecular weight is 218 g/mol. The summed E-state index contributed by atoms with van der Waals surface area (Å²) in [4.78, 5) is 13.0. The summed E-state index contributed by atoms with van der Waals surface area (Å²) in [6, 6.07) is 8.74. The van der Waals surface area contributed by atoms with E-state index in [-0.39, 0.29) is 12.0 Å². The van der Waals surface area contributed by atoms with Crippen molar-refractivity contribution in [1.29, 1.82) is 5.26 Å². The van der Waals surface area contributed by atoms with Gasteiger partial charge < -0.3 is 4.74 Å². The summed E-state index contributed by atoms with van der Waals surface area (Å²) < 4.78 is 4.60. The van der Waals surface area contributed by atoms with Crippen LogP contribution >= 0.6 is 0 Å². The summed E-state index contributed by atoms with van der Waals surface area (Å²) in [5, 5.41) is 8.99. The monoisotopic (exact) mass is 218 g/mol. The summed E-state index contributed by atoms with van der Waals surface area (Å²) in [6.07, 6.45) is 0. The van der Waals surface area contributed by atoms with Gasteiger partial charge in [0.25, 0.3) is 0 Å². The minimum atomic E-state index is -0.370. The van der Waals surface area contributed by atoms with Gasteiger partial charge in [0.2, 0.25) is 0 Å². The van der Waals surface area contributed by atoms with Gasteiger partial charge in [-0.25, -0.2) is 4.79 Å². The van der Waals surface area contributed by atoms with Crippen LogP contribution in [0.5, 0.6) is 0 Å². The first-order valence-electron chi connectivity index (χ1n) is 4.84. The molecule has 4 nitrogen and oxygen atoms in total. The molecule has 1 rings (SSSR count). The van der Waals surface area contributed by atoms with E-state index in [0.29, 0.717) is 5.56 Å². The van der Waals surface area contributed by atoms with Gasteiger partial charge in [-0.1, -0.05) is 12.1 Å². The third-order valence-electron chi connectivity index (χ3n) is 2.29. The Morgan fingerprint density at radius 3 is 2.31 bits per heavy atom. The Hall–Kier alpha value is -1.86. The molecule has 0 bridgehead atoms. The van der Waals surface area contributed by atoms with E-state index in [4.69, 9.17) is 5.26 Å². The number of ether oxygens (including phenoxy) is 1. The maximum Gasteiger partial charge on any atom is 0.337 e. The molecule has 1 atom stereocenters. The normalized spacial score (nSPS) is 11.9. The highest BCUT2D eigenvalue weighted by atomic mass is 16.5. The highest BCUT2D eigenvalue weighted by Gasteiger charge is 2.13. The Labute approximate surface area is 95.0 Å². The number of hydrogen-bond acceptors (Lipinski definition) is 4. The molecule has 1 aromatic carbocycles. The predicted molar refractivity (Wildman–Crippen MR) is 59.8 cm³/mol. The third kappa shape index (κ3) is 2.59. The van der Waals surface area contributed by atoms with Crippen LogP contribution in [0.2, 0.25) is 0 Å². The summed E-state index contributed by atoms with van der Waals surface area (Å²) in [7, 11) is 5.01. The zero-order valence-corrected chi connectivity index (χ0v) is 9.60. The lowest BCUT2D eigenvalue weighted by Gasteiger charge is -2.17. The van der Waals surface area contributed by atoms with Crippen LogP contribution in [-0.2, 0) is 4.74 Å². The molecule has 0 aromatic heterocycles. The van der Waals surface area contributed by atoms with Crippen LogP contribution in [0.15, 0.2) is 24.3 Å². The first-order chi connectivity index (χ1) is 7.60. The molecular weight excluding hydrogens is 204 g/mol. The lowest BCUT2D eigenvalue weighted by atomic mass is 10.1. The van der Waals surface area contributed by atoms with Crippen LogP contribution in [-0.4, -0.2) is 32.1 Å². The second-order valence-electron chi connectivity index (χ2n) is 3.61. The smallest absolute Gasteiger partial charge is 0.337 e. The molecule has 1 unspecified atom stereocenters. The number of nitrogens with zero attached hydrogens (tertiary/aromatic N) is 2. The van der Waals surface area contributed by atoms with Crippen molar-refractivity contribution in [3.8, 4) is 6.07 Å².